The molecule has 0 atom stereocenters. The van der Waals surface area contributed by atoms with Gasteiger partial charge in [0.15, 0.2) is 11.5 Å². The Morgan fingerprint density at radius 1 is 1.09 bits per heavy atom. The van der Waals surface area contributed by atoms with Crippen LogP contribution in [0.2, 0.25) is 5.02 Å². The van der Waals surface area contributed by atoms with Crippen molar-refractivity contribution >= 4 is 33.2 Å². The van der Waals surface area contributed by atoms with E-state index in [0.29, 0.717) is 49.0 Å². The highest BCUT2D eigenvalue weighted by molar-refractivity contribution is 7.89. The lowest BCUT2D eigenvalue weighted by atomic mass is 9.95. The van der Waals surface area contributed by atoms with Gasteiger partial charge in [0, 0.05) is 17.8 Å². The van der Waals surface area contributed by atoms with Crippen molar-refractivity contribution in [2.24, 2.45) is 0 Å². The van der Waals surface area contributed by atoms with Gasteiger partial charge in [0.2, 0.25) is 15.9 Å². The number of anilines is 1. The number of ether oxygens (including phenoxy) is 3. The molecule has 1 heterocycles. The molecule has 2 aromatic rings. The molecule has 4 rings (SSSR count). The number of halogens is 1. The third-order valence-corrected chi connectivity index (χ3v) is 8.03. The third-order valence-electron chi connectivity index (χ3n) is 5.84. The van der Waals surface area contributed by atoms with Crippen molar-refractivity contribution in [2.75, 3.05) is 32.2 Å². The monoisotopic (exact) mass is 494 g/mol. The molecule has 1 aliphatic heterocycles. The lowest BCUT2D eigenvalue weighted by Gasteiger charge is -2.33. The largest absolute Gasteiger partial charge is 0.495 e. The summed E-state index contributed by atoms with van der Waals surface area (Å²) in [5.74, 6) is 1.11. The number of amides is 1. The van der Waals surface area contributed by atoms with E-state index in [2.05, 4.69) is 5.32 Å². The van der Waals surface area contributed by atoms with Gasteiger partial charge in [-0.05, 0) is 43.2 Å². The minimum Gasteiger partial charge on any atom is -0.495 e. The van der Waals surface area contributed by atoms with E-state index in [0.717, 1.165) is 19.3 Å². The smallest absolute Gasteiger partial charge is 0.243 e. The number of benzene rings is 2. The van der Waals surface area contributed by atoms with Crippen LogP contribution in [0.25, 0.3) is 0 Å². The molecular formula is C23H27ClN2O6S. The SMILES string of the molecule is COc1ccc(S(=O)(=O)N(CC(=O)Nc2ccc3c(c2)OCCO3)C2CCCCC2)cc1Cl. The fourth-order valence-corrected chi connectivity index (χ4v) is 6.18. The second-order valence-electron chi connectivity index (χ2n) is 8.05. The quantitative estimate of drug-likeness (QED) is 0.623. The maximum atomic E-state index is 13.6. The fraction of sp³-hybridized carbons (Fsp3) is 0.435. The Hall–Kier alpha value is -2.49. The summed E-state index contributed by atoms with van der Waals surface area (Å²) < 4.78 is 44.6. The Kier molecular flexibility index (Phi) is 7.31. The number of fused-ring (bicyclic) bond motifs is 1. The van der Waals surface area contributed by atoms with Crippen LogP contribution >= 0.6 is 11.6 Å². The zero-order valence-electron chi connectivity index (χ0n) is 18.4. The number of carbonyl (C=O) groups excluding carboxylic acids is 1. The Bertz CT molecular complexity index is 1120. The minimum absolute atomic E-state index is 0.0333. The van der Waals surface area contributed by atoms with Gasteiger partial charge in [-0.2, -0.15) is 4.31 Å². The van der Waals surface area contributed by atoms with Crippen LogP contribution < -0.4 is 19.5 Å². The molecule has 1 fully saturated rings. The number of carbonyl (C=O) groups is 1. The molecule has 0 bridgehead atoms. The second-order valence-corrected chi connectivity index (χ2v) is 10.3. The van der Waals surface area contributed by atoms with Gasteiger partial charge in [0.25, 0.3) is 0 Å². The summed E-state index contributed by atoms with van der Waals surface area (Å²) in [5.41, 5.74) is 0.512. The highest BCUT2D eigenvalue weighted by atomic mass is 35.5. The number of hydrogen-bond acceptors (Lipinski definition) is 6. The number of rotatable bonds is 7. The Labute approximate surface area is 198 Å². The molecule has 2 aliphatic rings. The van der Waals surface area contributed by atoms with Crippen molar-refractivity contribution in [2.45, 2.75) is 43.0 Å². The van der Waals surface area contributed by atoms with Gasteiger partial charge < -0.3 is 19.5 Å². The van der Waals surface area contributed by atoms with E-state index in [1.807, 2.05) is 0 Å². The van der Waals surface area contributed by atoms with Crippen LogP contribution in [0.5, 0.6) is 17.2 Å². The number of nitrogens with zero attached hydrogens (tertiary/aromatic N) is 1. The van der Waals surface area contributed by atoms with E-state index in [1.54, 1.807) is 18.2 Å². The lowest BCUT2D eigenvalue weighted by molar-refractivity contribution is -0.116. The summed E-state index contributed by atoms with van der Waals surface area (Å²) in [6, 6.07) is 9.18. The third kappa shape index (κ3) is 5.37. The molecule has 0 saturated heterocycles. The highest BCUT2D eigenvalue weighted by Crippen LogP contribution is 2.34. The zero-order chi connectivity index (χ0) is 23.4. The molecule has 10 heteroatoms. The molecule has 1 N–H and O–H groups in total. The van der Waals surface area contributed by atoms with Crippen molar-refractivity contribution in [3.63, 3.8) is 0 Å². The first-order valence-electron chi connectivity index (χ1n) is 10.9. The maximum absolute atomic E-state index is 13.6. The topological polar surface area (TPSA) is 94.2 Å². The van der Waals surface area contributed by atoms with Gasteiger partial charge in [0.1, 0.15) is 19.0 Å². The molecule has 1 amide bonds. The van der Waals surface area contributed by atoms with Gasteiger partial charge in [0.05, 0.1) is 23.6 Å². The van der Waals surface area contributed by atoms with E-state index >= 15 is 0 Å². The van der Waals surface area contributed by atoms with E-state index < -0.39 is 15.9 Å². The van der Waals surface area contributed by atoms with E-state index in [9.17, 15) is 13.2 Å². The minimum atomic E-state index is -3.96. The summed E-state index contributed by atoms with van der Waals surface area (Å²) in [6.07, 6.45) is 4.32. The van der Waals surface area contributed by atoms with Crippen molar-refractivity contribution in [1.82, 2.24) is 4.31 Å². The summed E-state index contributed by atoms with van der Waals surface area (Å²) in [7, 11) is -2.50. The van der Waals surface area contributed by atoms with Crippen molar-refractivity contribution in [3.8, 4) is 17.2 Å². The van der Waals surface area contributed by atoms with Crippen LogP contribution in [0.15, 0.2) is 41.3 Å². The van der Waals surface area contributed by atoms with Crippen molar-refractivity contribution < 1.29 is 27.4 Å². The van der Waals surface area contributed by atoms with E-state index in [1.165, 1.54) is 29.6 Å². The predicted molar refractivity (Wildman–Crippen MR) is 125 cm³/mol. The Morgan fingerprint density at radius 3 is 2.52 bits per heavy atom. The van der Waals surface area contributed by atoms with Gasteiger partial charge in [-0.25, -0.2) is 8.42 Å². The zero-order valence-corrected chi connectivity index (χ0v) is 20.0. The van der Waals surface area contributed by atoms with Crippen molar-refractivity contribution in [1.29, 1.82) is 0 Å². The molecular weight excluding hydrogens is 468 g/mol. The molecule has 1 aliphatic carbocycles. The highest BCUT2D eigenvalue weighted by Gasteiger charge is 2.34. The molecule has 2 aromatic carbocycles. The molecule has 0 spiro atoms. The Morgan fingerprint density at radius 2 is 1.82 bits per heavy atom. The first-order chi connectivity index (χ1) is 15.9. The standard InChI is InChI=1S/C23H27ClN2O6S/c1-30-20-10-8-18(14-19(20)24)33(28,29)26(17-5-3-2-4-6-17)15-23(27)25-16-7-9-21-22(13-16)32-12-11-31-21/h7-10,13-14,17H,2-6,11-12,15H2,1H3,(H,25,27). The average molecular weight is 495 g/mol. The molecule has 178 valence electrons. The van der Waals surface area contributed by atoms with Gasteiger partial charge in [-0.3, -0.25) is 4.79 Å². The Balaban J connectivity index is 1.56. The van der Waals surface area contributed by atoms with E-state index in [-0.39, 0.29) is 22.5 Å². The van der Waals surface area contributed by atoms with Gasteiger partial charge in [-0.1, -0.05) is 30.9 Å². The van der Waals surface area contributed by atoms with Gasteiger partial charge in [-0.15, -0.1) is 0 Å². The summed E-state index contributed by atoms with van der Waals surface area (Å²) >= 11 is 6.19. The first-order valence-corrected chi connectivity index (χ1v) is 12.7. The number of sulfonamides is 1. The molecule has 0 radical (unpaired) electrons. The van der Waals surface area contributed by atoms with Crippen LogP contribution in [0.1, 0.15) is 32.1 Å². The van der Waals surface area contributed by atoms with Gasteiger partial charge >= 0.3 is 0 Å². The van der Waals surface area contributed by atoms with Crippen LogP contribution in [0.4, 0.5) is 5.69 Å². The maximum Gasteiger partial charge on any atom is 0.243 e. The van der Waals surface area contributed by atoms with Crippen LogP contribution in [0, 0.1) is 0 Å². The summed E-state index contributed by atoms with van der Waals surface area (Å²) in [4.78, 5) is 13.0. The lowest BCUT2D eigenvalue weighted by Crippen LogP contribution is -2.45. The summed E-state index contributed by atoms with van der Waals surface area (Å²) in [5, 5.41) is 2.99. The number of hydrogen-bond donors (Lipinski definition) is 1. The molecule has 0 unspecified atom stereocenters. The number of methoxy groups -OCH3 is 1. The van der Waals surface area contributed by atoms with Crippen molar-refractivity contribution in [3.05, 3.63) is 41.4 Å². The molecule has 1 saturated carbocycles. The molecule has 8 nitrogen and oxygen atoms in total. The summed E-state index contributed by atoms with van der Waals surface area (Å²) in [6.45, 7) is 0.607. The van der Waals surface area contributed by atoms with Crippen LogP contribution in [0.3, 0.4) is 0 Å². The second kappa shape index (κ2) is 10.2. The molecule has 0 aromatic heterocycles. The molecule has 33 heavy (non-hydrogen) atoms. The van der Waals surface area contributed by atoms with Crippen LogP contribution in [-0.2, 0) is 14.8 Å². The first kappa shape index (κ1) is 23.7. The van der Waals surface area contributed by atoms with Crippen LogP contribution in [-0.4, -0.2) is 51.5 Å². The number of nitrogens with one attached hydrogen (secondary N) is 1. The fourth-order valence-electron chi connectivity index (χ4n) is 4.19. The average Bonchev–Trinajstić information content (AvgIpc) is 2.83. The van der Waals surface area contributed by atoms with E-state index in [4.69, 9.17) is 25.8 Å². The predicted octanol–water partition coefficient (Wildman–Crippen LogP) is 4.08. The normalized spacial score (nSPS) is 16.5.